The van der Waals surface area contributed by atoms with Crippen molar-refractivity contribution in [1.29, 1.82) is 0 Å². The minimum atomic E-state index is 0.117. The van der Waals surface area contributed by atoms with Crippen LogP contribution in [0.1, 0.15) is 19.0 Å². The summed E-state index contributed by atoms with van der Waals surface area (Å²) in [7, 11) is 0. The molecule has 2 rings (SSSR count). The average molecular weight is 265 g/mol. The predicted octanol–water partition coefficient (Wildman–Crippen LogP) is 2.68. The fourth-order valence-corrected chi connectivity index (χ4v) is 1.47. The molecule has 0 N–H and O–H groups in total. The number of ether oxygens (including phenoxy) is 1. The van der Waals surface area contributed by atoms with Crippen molar-refractivity contribution in [1.82, 2.24) is 19.9 Å². The van der Waals surface area contributed by atoms with Crippen LogP contribution in [0.4, 0.5) is 0 Å². The summed E-state index contributed by atoms with van der Waals surface area (Å²) in [5, 5.41) is 0.117. The first-order chi connectivity index (χ1) is 8.69. The third-order valence-electron chi connectivity index (χ3n) is 2.19. The number of aromatic nitrogens is 4. The Labute approximate surface area is 110 Å². The van der Waals surface area contributed by atoms with E-state index < -0.39 is 0 Å². The molecule has 0 unspecified atom stereocenters. The van der Waals surface area contributed by atoms with Gasteiger partial charge in [-0.2, -0.15) is 15.0 Å². The lowest BCUT2D eigenvalue weighted by Gasteiger charge is -2.05. The van der Waals surface area contributed by atoms with Gasteiger partial charge in [-0.1, -0.05) is 6.92 Å². The highest BCUT2D eigenvalue weighted by Crippen LogP contribution is 2.18. The van der Waals surface area contributed by atoms with Crippen LogP contribution in [0.5, 0.6) is 6.01 Å². The maximum atomic E-state index is 5.85. The molecule has 0 aliphatic carbocycles. The molecule has 0 radical (unpaired) electrons. The van der Waals surface area contributed by atoms with E-state index in [0.717, 1.165) is 17.7 Å². The lowest BCUT2D eigenvalue weighted by atomic mass is 10.2. The third kappa shape index (κ3) is 3.13. The van der Waals surface area contributed by atoms with Gasteiger partial charge >= 0.3 is 6.01 Å². The van der Waals surface area contributed by atoms with Crippen LogP contribution in [0.3, 0.4) is 0 Å². The van der Waals surface area contributed by atoms with E-state index in [-0.39, 0.29) is 11.3 Å². The minimum absolute atomic E-state index is 0.117. The van der Waals surface area contributed by atoms with E-state index in [9.17, 15) is 0 Å². The van der Waals surface area contributed by atoms with Crippen molar-refractivity contribution in [3.63, 3.8) is 0 Å². The van der Waals surface area contributed by atoms with Crippen molar-refractivity contribution in [2.24, 2.45) is 0 Å². The fourth-order valence-electron chi connectivity index (χ4n) is 1.32. The maximum absolute atomic E-state index is 5.85. The standard InChI is InChI=1S/C12H13ClN4O/c1-3-6-18-12-16-10(15-11(13)17-12)9-5-4-8(2)14-7-9/h4-5,7H,3,6H2,1-2H3. The Kier molecular flexibility index (Phi) is 4.04. The largest absolute Gasteiger partial charge is 0.463 e. The summed E-state index contributed by atoms with van der Waals surface area (Å²) in [6.07, 6.45) is 2.58. The second-order valence-electron chi connectivity index (χ2n) is 3.75. The van der Waals surface area contributed by atoms with E-state index in [1.165, 1.54) is 0 Å². The fraction of sp³-hybridized carbons (Fsp3) is 0.333. The summed E-state index contributed by atoms with van der Waals surface area (Å²) in [5.74, 6) is 0.466. The molecule has 0 aliphatic rings. The molecule has 2 heterocycles. The Morgan fingerprint density at radius 1 is 1.22 bits per heavy atom. The van der Waals surface area contributed by atoms with Crippen molar-refractivity contribution in [2.75, 3.05) is 6.61 Å². The van der Waals surface area contributed by atoms with Crippen molar-refractivity contribution in [3.05, 3.63) is 29.3 Å². The normalized spacial score (nSPS) is 10.4. The zero-order valence-corrected chi connectivity index (χ0v) is 11.0. The second-order valence-corrected chi connectivity index (χ2v) is 4.09. The number of hydrogen-bond donors (Lipinski definition) is 0. The molecule has 5 nitrogen and oxygen atoms in total. The van der Waals surface area contributed by atoms with Gasteiger partial charge in [0.15, 0.2) is 5.82 Å². The number of pyridine rings is 1. The van der Waals surface area contributed by atoms with Crippen LogP contribution in [0, 0.1) is 6.92 Å². The number of halogens is 1. The summed E-state index contributed by atoms with van der Waals surface area (Å²) in [6, 6.07) is 4.02. The lowest BCUT2D eigenvalue weighted by Crippen LogP contribution is -2.03. The zero-order chi connectivity index (χ0) is 13.0. The van der Waals surface area contributed by atoms with Crippen LogP contribution < -0.4 is 4.74 Å². The molecule has 0 aromatic carbocycles. The molecular formula is C12H13ClN4O. The van der Waals surface area contributed by atoms with E-state index in [0.29, 0.717) is 12.4 Å². The molecule has 0 fully saturated rings. The minimum Gasteiger partial charge on any atom is -0.463 e. The number of rotatable bonds is 4. The van der Waals surface area contributed by atoms with Gasteiger partial charge in [-0.05, 0) is 37.1 Å². The second kappa shape index (κ2) is 5.73. The van der Waals surface area contributed by atoms with Gasteiger partial charge in [0.2, 0.25) is 5.28 Å². The van der Waals surface area contributed by atoms with Gasteiger partial charge in [-0.25, -0.2) is 0 Å². The van der Waals surface area contributed by atoms with Gasteiger partial charge in [0.05, 0.1) is 6.61 Å². The summed E-state index contributed by atoms with van der Waals surface area (Å²) >= 11 is 5.85. The summed E-state index contributed by atoms with van der Waals surface area (Å²) in [6.45, 7) is 4.47. The highest BCUT2D eigenvalue weighted by Gasteiger charge is 2.08. The highest BCUT2D eigenvalue weighted by atomic mass is 35.5. The van der Waals surface area contributed by atoms with Crippen molar-refractivity contribution in [2.45, 2.75) is 20.3 Å². The molecule has 0 amide bonds. The average Bonchev–Trinajstić information content (AvgIpc) is 2.36. The molecular weight excluding hydrogens is 252 g/mol. The molecule has 18 heavy (non-hydrogen) atoms. The number of aryl methyl sites for hydroxylation is 1. The van der Waals surface area contributed by atoms with Crippen molar-refractivity contribution in [3.8, 4) is 17.4 Å². The van der Waals surface area contributed by atoms with Crippen LogP contribution >= 0.6 is 11.6 Å². The van der Waals surface area contributed by atoms with E-state index in [4.69, 9.17) is 16.3 Å². The van der Waals surface area contributed by atoms with Crippen LogP contribution in [0.25, 0.3) is 11.4 Å². The molecule has 94 valence electrons. The van der Waals surface area contributed by atoms with E-state index >= 15 is 0 Å². The molecule has 0 atom stereocenters. The Balaban J connectivity index is 2.32. The van der Waals surface area contributed by atoms with Crippen molar-refractivity contribution < 1.29 is 4.74 Å². The first-order valence-corrected chi connectivity index (χ1v) is 6.04. The highest BCUT2D eigenvalue weighted by molar-refractivity contribution is 6.28. The summed E-state index contributed by atoms with van der Waals surface area (Å²) in [5.41, 5.74) is 1.72. The SMILES string of the molecule is CCCOc1nc(Cl)nc(-c2ccc(C)nc2)n1. The molecule has 0 saturated carbocycles. The molecule has 6 heteroatoms. The van der Waals surface area contributed by atoms with Crippen LogP contribution in [-0.2, 0) is 0 Å². The molecule has 0 bridgehead atoms. The van der Waals surface area contributed by atoms with Crippen LogP contribution in [0.2, 0.25) is 5.28 Å². The smallest absolute Gasteiger partial charge is 0.321 e. The van der Waals surface area contributed by atoms with E-state index in [1.54, 1.807) is 6.20 Å². The van der Waals surface area contributed by atoms with Gasteiger partial charge in [-0.15, -0.1) is 0 Å². The van der Waals surface area contributed by atoms with Crippen LogP contribution in [0.15, 0.2) is 18.3 Å². The van der Waals surface area contributed by atoms with Gasteiger partial charge in [0.1, 0.15) is 0 Å². The third-order valence-corrected chi connectivity index (χ3v) is 2.36. The molecule has 0 aliphatic heterocycles. The topological polar surface area (TPSA) is 60.8 Å². The maximum Gasteiger partial charge on any atom is 0.321 e. The molecule has 0 spiro atoms. The zero-order valence-electron chi connectivity index (χ0n) is 10.2. The predicted molar refractivity (Wildman–Crippen MR) is 68.6 cm³/mol. The molecule has 2 aromatic heterocycles. The first kappa shape index (κ1) is 12.7. The Hall–Kier alpha value is -1.75. The van der Waals surface area contributed by atoms with Crippen molar-refractivity contribution >= 4 is 11.6 Å². The Bertz CT molecular complexity index is 530. The first-order valence-electron chi connectivity index (χ1n) is 5.66. The van der Waals surface area contributed by atoms with Crippen LogP contribution in [-0.4, -0.2) is 26.5 Å². The van der Waals surface area contributed by atoms with Gasteiger partial charge in [0, 0.05) is 17.5 Å². The molecule has 2 aromatic rings. The van der Waals surface area contributed by atoms with E-state index in [2.05, 4.69) is 19.9 Å². The Morgan fingerprint density at radius 2 is 2.06 bits per heavy atom. The number of hydrogen-bond acceptors (Lipinski definition) is 5. The quantitative estimate of drug-likeness (QED) is 0.850. The lowest BCUT2D eigenvalue weighted by molar-refractivity contribution is 0.291. The van der Waals surface area contributed by atoms with Gasteiger partial charge in [-0.3, -0.25) is 4.98 Å². The Morgan fingerprint density at radius 3 is 2.72 bits per heavy atom. The summed E-state index contributed by atoms with van der Waals surface area (Å²) < 4.78 is 5.35. The van der Waals surface area contributed by atoms with E-state index in [1.807, 2.05) is 26.0 Å². The monoisotopic (exact) mass is 264 g/mol. The van der Waals surface area contributed by atoms with Gasteiger partial charge in [0.25, 0.3) is 0 Å². The number of nitrogens with zero attached hydrogens (tertiary/aromatic N) is 4. The van der Waals surface area contributed by atoms with Gasteiger partial charge < -0.3 is 4.74 Å². The summed E-state index contributed by atoms with van der Waals surface area (Å²) in [4.78, 5) is 16.4. The molecule has 0 saturated heterocycles.